The van der Waals surface area contributed by atoms with E-state index in [0.29, 0.717) is 33.3 Å². The zero-order chi connectivity index (χ0) is 26.2. The smallest absolute Gasteiger partial charge is 0.231 e. The number of alkyl halides is 2. The molecule has 9 heteroatoms. The van der Waals surface area contributed by atoms with Crippen LogP contribution < -0.4 is 5.32 Å². The van der Waals surface area contributed by atoms with E-state index in [4.69, 9.17) is 58.0 Å². The number of ketones is 1. The van der Waals surface area contributed by atoms with Crippen LogP contribution in [0.2, 0.25) is 15.1 Å². The van der Waals surface area contributed by atoms with Crippen molar-refractivity contribution in [1.82, 2.24) is 0 Å². The number of allylic oxidation sites excluding steroid dienone is 1. The standard InChI is InChI=1S/C27H19Cl5FNO2/c1-2-3-20(14-4-6-18(33)7-5-14)25(35)21-13-19(8-9-22(21)30)34-26(36)24-23(27(24,31)32)15-10-16(28)12-17(29)11-15/h2,4-13,20,23-24H,1,3H2,(H,34,36). The molecular formula is C27H19Cl5FNO2. The van der Waals surface area contributed by atoms with Gasteiger partial charge in [0.05, 0.1) is 16.9 Å². The van der Waals surface area contributed by atoms with E-state index in [-0.39, 0.29) is 16.4 Å². The molecule has 1 N–H and O–H groups in total. The summed E-state index contributed by atoms with van der Waals surface area (Å²) < 4.78 is 12.1. The van der Waals surface area contributed by atoms with E-state index in [1.54, 1.807) is 42.5 Å². The zero-order valence-corrected chi connectivity index (χ0v) is 22.4. The maximum Gasteiger partial charge on any atom is 0.231 e. The molecule has 3 nitrogen and oxygen atoms in total. The van der Waals surface area contributed by atoms with Gasteiger partial charge in [-0.3, -0.25) is 9.59 Å². The summed E-state index contributed by atoms with van der Waals surface area (Å²) in [6, 6.07) is 15.2. The molecule has 1 amide bonds. The molecule has 1 saturated carbocycles. The van der Waals surface area contributed by atoms with Gasteiger partial charge < -0.3 is 5.32 Å². The topological polar surface area (TPSA) is 46.2 Å². The van der Waals surface area contributed by atoms with Crippen LogP contribution >= 0.6 is 58.0 Å². The molecule has 0 bridgehead atoms. The molecule has 36 heavy (non-hydrogen) atoms. The second-order valence-electron chi connectivity index (χ2n) is 8.51. The van der Waals surface area contributed by atoms with Gasteiger partial charge in [0.25, 0.3) is 0 Å². The summed E-state index contributed by atoms with van der Waals surface area (Å²) in [6.07, 6.45) is 1.94. The minimum Gasteiger partial charge on any atom is -0.326 e. The Bertz CT molecular complexity index is 1320. The number of halogens is 6. The number of hydrogen-bond acceptors (Lipinski definition) is 2. The van der Waals surface area contributed by atoms with Gasteiger partial charge in [0.1, 0.15) is 10.2 Å². The molecule has 0 heterocycles. The van der Waals surface area contributed by atoms with Crippen LogP contribution in [0.4, 0.5) is 10.1 Å². The Labute approximate surface area is 233 Å². The van der Waals surface area contributed by atoms with Crippen LogP contribution in [-0.4, -0.2) is 16.0 Å². The third kappa shape index (κ3) is 5.58. The Morgan fingerprint density at radius 3 is 2.25 bits per heavy atom. The van der Waals surface area contributed by atoms with Crippen LogP contribution in [0.15, 0.2) is 73.3 Å². The fraction of sp³-hybridized carbons (Fsp3) is 0.185. The lowest BCUT2D eigenvalue weighted by atomic mass is 9.88. The molecule has 186 valence electrons. The molecule has 0 aromatic heterocycles. The third-order valence-electron chi connectivity index (χ3n) is 6.07. The van der Waals surface area contributed by atoms with Gasteiger partial charge in [-0.25, -0.2) is 4.39 Å². The van der Waals surface area contributed by atoms with Gasteiger partial charge in [0.2, 0.25) is 5.91 Å². The van der Waals surface area contributed by atoms with E-state index in [2.05, 4.69) is 11.9 Å². The average Bonchev–Trinajstić information content (AvgIpc) is 3.40. The van der Waals surface area contributed by atoms with Crippen LogP contribution in [0.25, 0.3) is 0 Å². The summed E-state index contributed by atoms with van der Waals surface area (Å²) in [7, 11) is 0. The summed E-state index contributed by atoms with van der Waals surface area (Å²) in [5.74, 6) is -3.02. The van der Waals surface area contributed by atoms with Crippen molar-refractivity contribution in [3.8, 4) is 0 Å². The first-order chi connectivity index (χ1) is 17.0. The van der Waals surface area contributed by atoms with Crippen LogP contribution in [0.3, 0.4) is 0 Å². The third-order valence-corrected chi connectivity index (χ3v) is 7.78. The molecule has 1 aliphatic rings. The van der Waals surface area contributed by atoms with Gasteiger partial charge in [0.15, 0.2) is 5.78 Å². The first-order valence-corrected chi connectivity index (χ1v) is 12.8. The van der Waals surface area contributed by atoms with Crippen molar-refractivity contribution in [2.45, 2.75) is 22.6 Å². The van der Waals surface area contributed by atoms with E-state index in [1.807, 2.05) is 0 Å². The monoisotopic (exact) mass is 583 g/mol. The van der Waals surface area contributed by atoms with Crippen LogP contribution in [0, 0.1) is 11.7 Å². The minimum atomic E-state index is -1.35. The predicted molar refractivity (Wildman–Crippen MR) is 145 cm³/mol. The van der Waals surface area contributed by atoms with E-state index < -0.39 is 33.8 Å². The highest BCUT2D eigenvalue weighted by molar-refractivity contribution is 6.53. The highest BCUT2D eigenvalue weighted by Crippen LogP contribution is 2.65. The van der Waals surface area contributed by atoms with E-state index in [9.17, 15) is 14.0 Å². The van der Waals surface area contributed by atoms with Crippen molar-refractivity contribution in [3.05, 3.63) is 111 Å². The quantitative estimate of drug-likeness (QED) is 0.163. The Balaban J connectivity index is 1.57. The molecule has 1 fully saturated rings. The van der Waals surface area contributed by atoms with Gasteiger partial charge in [-0.2, -0.15) is 0 Å². The fourth-order valence-corrected chi connectivity index (χ4v) is 5.86. The van der Waals surface area contributed by atoms with Crippen molar-refractivity contribution in [2.24, 2.45) is 5.92 Å². The first kappa shape index (κ1) is 27.0. The normalized spacial score (nSPS) is 18.8. The summed E-state index contributed by atoms with van der Waals surface area (Å²) >= 11 is 31.4. The summed E-state index contributed by atoms with van der Waals surface area (Å²) in [5, 5.41) is 3.81. The van der Waals surface area contributed by atoms with Crippen molar-refractivity contribution >= 4 is 75.4 Å². The largest absolute Gasteiger partial charge is 0.326 e. The average molecular weight is 586 g/mol. The summed E-state index contributed by atoms with van der Waals surface area (Å²) in [6.45, 7) is 3.72. The molecular weight excluding hydrogens is 567 g/mol. The maximum absolute atomic E-state index is 13.4. The highest BCUT2D eigenvalue weighted by Gasteiger charge is 2.67. The molecule has 3 atom stereocenters. The van der Waals surface area contributed by atoms with E-state index >= 15 is 0 Å². The molecule has 0 saturated heterocycles. The molecule has 3 unspecified atom stereocenters. The van der Waals surface area contributed by atoms with Crippen molar-refractivity contribution < 1.29 is 14.0 Å². The predicted octanol–water partition coefficient (Wildman–Crippen LogP) is 8.85. The second-order valence-corrected chi connectivity index (χ2v) is 11.2. The van der Waals surface area contributed by atoms with E-state index in [0.717, 1.165) is 0 Å². The number of amides is 1. The molecule has 0 radical (unpaired) electrons. The lowest BCUT2D eigenvalue weighted by molar-refractivity contribution is -0.117. The van der Waals surface area contributed by atoms with Crippen molar-refractivity contribution in [2.75, 3.05) is 5.32 Å². The van der Waals surface area contributed by atoms with Crippen LogP contribution in [-0.2, 0) is 4.79 Å². The van der Waals surface area contributed by atoms with Gasteiger partial charge in [-0.15, -0.1) is 29.8 Å². The fourth-order valence-electron chi connectivity index (χ4n) is 4.28. The molecule has 0 spiro atoms. The number of hydrogen-bond donors (Lipinski definition) is 1. The van der Waals surface area contributed by atoms with E-state index in [1.165, 1.54) is 24.3 Å². The number of Topliss-reactive ketones (excluding diaryl/α,β-unsaturated/α-hetero) is 1. The number of anilines is 1. The highest BCUT2D eigenvalue weighted by atomic mass is 35.5. The van der Waals surface area contributed by atoms with Gasteiger partial charge >= 0.3 is 0 Å². The van der Waals surface area contributed by atoms with Crippen LogP contribution in [0.5, 0.6) is 0 Å². The van der Waals surface area contributed by atoms with Gasteiger partial charge in [0, 0.05) is 27.2 Å². The Hall–Kier alpha value is -2.08. The minimum absolute atomic E-state index is 0.211. The molecule has 3 aromatic carbocycles. The second kappa shape index (κ2) is 10.7. The van der Waals surface area contributed by atoms with Gasteiger partial charge in [-0.1, -0.05) is 53.0 Å². The van der Waals surface area contributed by atoms with Crippen LogP contribution in [0.1, 0.15) is 39.7 Å². The molecule has 3 aromatic rings. The number of carbonyl (C=O) groups excluding carboxylic acids is 2. The van der Waals surface area contributed by atoms with Gasteiger partial charge in [-0.05, 0) is 66.1 Å². The number of nitrogens with one attached hydrogen (secondary N) is 1. The Morgan fingerprint density at radius 2 is 1.64 bits per heavy atom. The Kier molecular flexibility index (Phi) is 8.04. The first-order valence-electron chi connectivity index (χ1n) is 10.9. The number of benzene rings is 3. The number of rotatable bonds is 8. The van der Waals surface area contributed by atoms with Crippen molar-refractivity contribution in [3.63, 3.8) is 0 Å². The molecule has 4 rings (SSSR count). The molecule has 0 aliphatic heterocycles. The Morgan fingerprint density at radius 1 is 1.00 bits per heavy atom. The number of carbonyl (C=O) groups is 2. The lowest BCUT2D eigenvalue weighted by Gasteiger charge is -2.16. The summed E-state index contributed by atoms with van der Waals surface area (Å²) in [5.41, 5.74) is 1.84. The zero-order valence-electron chi connectivity index (χ0n) is 18.6. The lowest BCUT2D eigenvalue weighted by Crippen LogP contribution is -2.18. The maximum atomic E-state index is 13.4. The van der Waals surface area contributed by atoms with Crippen molar-refractivity contribution in [1.29, 1.82) is 0 Å². The summed E-state index contributed by atoms with van der Waals surface area (Å²) in [4.78, 5) is 26.5. The SMILES string of the molecule is C=CCC(C(=O)c1cc(NC(=O)C2C(c3cc(Cl)cc(Cl)c3)C2(Cl)Cl)ccc1Cl)c1ccc(F)cc1. The molecule has 1 aliphatic carbocycles.